The number of piperidine rings is 3. The van der Waals surface area contributed by atoms with Crippen molar-refractivity contribution < 1.29 is 14.6 Å². The summed E-state index contributed by atoms with van der Waals surface area (Å²) in [5, 5.41) is 11.5. The van der Waals surface area contributed by atoms with Gasteiger partial charge in [-0.1, -0.05) is 42.5 Å². The minimum atomic E-state index is -1.79. The lowest BCUT2D eigenvalue weighted by molar-refractivity contribution is -0.177. The summed E-state index contributed by atoms with van der Waals surface area (Å²) < 4.78 is 6.95. The van der Waals surface area contributed by atoms with Crippen molar-refractivity contribution in [1.29, 1.82) is 0 Å². The zero-order chi connectivity index (χ0) is 18.1. The summed E-state index contributed by atoms with van der Waals surface area (Å²) >= 11 is 2.21. The topological polar surface area (TPSA) is 49.8 Å². The number of ether oxygens (including phenoxy) is 1. The van der Waals surface area contributed by atoms with E-state index < -0.39 is 11.6 Å². The molecule has 0 aliphatic carbocycles. The molecule has 0 spiro atoms. The molecule has 1 N–H and O–H groups in total. The molecule has 0 radical (unpaired) electrons. The van der Waals surface area contributed by atoms with Crippen LogP contribution in [0.4, 0.5) is 0 Å². The highest BCUT2D eigenvalue weighted by Crippen LogP contribution is 2.35. The number of rotatable bonds is 4. The van der Waals surface area contributed by atoms with E-state index in [1.165, 1.54) is 0 Å². The lowest BCUT2D eigenvalue weighted by Crippen LogP contribution is -2.53. The number of fused-ring (bicyclic) bond motifs is 3. The number of hydrogen-bond donors (Lipinski definition) is 1. The van der Waals surface area contributed by atoms with Crippen LogP contribution in [-0.2, 0) is 15.1 Å². The van der Waals surface area contributed by atoms with Gasteiger partial charge in [-0.3, -0.25) is 4.90 Å². The molecule has 0 unspecified atom stereocenters. The molecule has 3 fully saturated rings. The first-order valence-electron chi connectivity index (χ1n) is 9.05. The first-order chi connectivity index (χ1) is 12.6. The number of esters is 1. The third-order valence-corrected chi connectivity index (χ3v) is 6.32. The minimum absolute atomic E-state index is 0.135. The normalized spacial score (nSPS) is 26.9. The van der Waals surface area contributed by atoms with Crippen molar-refractivity contribution in [3.05, 3.63) is 69.3 Å². The van der Waals surface area contributed by atoms with Crippen molar-refractivity contribution in [2.24, 2.45) is 5.92 Å². The second kappa shape index (κ2) is 7.29. The van der Waals surface area contributed by atoms with Gasteiger partial charge in [-0.25, -0.2) is 4.79 Å². The molecule has 2 aromatic rings. The highest BCUT2D eigenvalue weighted by molar-refractivity contribution is 14.1. The lowest BCUT2D eigenvalue weighted by Gasteiger charge is -2.44. The Morgan fingerprint density at radius 1 is 1.04 bits per heavy atom. The van der Waals surface area contributed by atoms with Crippen molar-refractivity contribution in [2.45, 2.75) is 24.5 Å². The van der Waals surface area contributed by atoms with Gasteiger partial charge in [-0.15, -0.1) is 0 Å². The van der Waals surface area contributed by atoms with E-state index in [2.05, 4.69) is 27.5 Å². The standard InChI is InChI=1S/C21H22INO3/c22-18-8-6-17(7-9-18)21(25,16-4-2-1-3-5-16)20(24)26-19-14-23-12-10-15(19)11-13-23/h1-9,15,19,25H,10-14H2/t19-,21+/m0/s1. The Morgan fingerprint density at radius 3 is 2.23 bits per heavy atom. The van der Waals surface area contributed by atoms with Gasteiger partial charge in [0.15, 0.2) is 0 Å². The van der Waals surface area contributed by atoms with E-state index in [-0.39, 0.29) is 6.10 Å². The largest absolute Gasteiger partial charge is 0.458 e. The fraction of sp³-hybridized carbons (Fsp3) is 0.381. The van der Waals surface area contributed by atoms with Gasteiger partial charge in [0.1, 0.15) is 6.10 Å². The maximum absolute atomic E-state index is 13.2. The maximum Gasteiger partial charge on any atom is 0.348 e. The zero-order valence-electron chi connectivity index (χ0n) is 14.5. The molecule has 4 nitrogen and oxygen atoms in total. The molecular weight excluding hydrogens is 441 g/mol. The van der Waals surface area contributed by atoms with Crippen LogP contribution in [0.2, 0.25) is 0 Å². The van der Waals surface area contributed by atoms with Crippen molar-refractivity contribution in [1.82, 2.24) is 4.90 Å². The fourth-order valence-electron chi connectivity index (χ4n) is 4.04. The number of carbonyl (C=O) groups is 1. The number of carbonyl (C=O) groups excluding carboxylic acids is 1. The summed E-state index contributed by atoms with van der Waals surface area (Å²) in [7, 11) is 0. The maximum atomic E-state index is 13.2. The van der Waals surface area contributed by atoms with E-state index >= 15 is 0 Å². The molecule has 3 heterocycles. The van der Waals surface area contributed by atoms with Crippen molar-refractivity contribution in [3.8, 4) is 0 Å². The zero-order valence-corrected chi connectivity index (χ0v) is 16.6. The third-order valence-electron chi connectivity index (χ3n) is 5.60. The monoisotopic (exact) mass is 463 g/mol. The van der Waals surface area contributed by atoms with Crippen LogP contribution in [0.3, 0.4) is 0 Å². The van der Waals surface area contributed by atoms with Crippen molar-refractivity contribution in [2.75, 3.05) is 19.6 Å². The van der Waals surface area contributed by atoms with Gasteiger partial charge in [0, 0.05) is 10.1 Å². The summed E-state index contributed by atoms with van der Waals surface area (Å²) in [6, 6.07) is 16.5. The highest BCUT2D eigenvalue weighted by Gasteiger charge is 2.45. The SMILES string of the molecule is O=C(O[C@H]1CN2CCC1CC2)[C@@](O)(c1ccccc1)c1ccc(I)cc1. The van der Waals surface area contributed by atoms with Gasteiger partial charge in [0.05, 0.1) is 0 Å². The third kappa shape index (κ3) is 3.28. The molecule has 0 aromatic heterocycles. The van der Waals surface area contributed by atoms with E-state index in [9.17, 15) is 9.90 Å². The molecule has 2 atom stereocenters. The Balaban J connectivity index is 1.66. The number of halogens is 1. The summed E-state index contributed by atoms with van der Waals surface area (Å²) in [6.07, 6.45) is 1.99. The fourth-order valence-corrected chi connectivity index (χ4v) is 4.40. The van der Waals surface area contributed by atoms with Crippen molar-refractivity contribution in [3.63, 3.8) is 0 Å². The van der Waals surface area contributed by atoms with Crippen LogP contribution in [0.25, 0.3) is 0 Å². The van der Waals surface area contributed by atoms with E-state index in [1.807, 2.05) is 30.3 Å². The summed E-state index contributed by atoms with van der Waals surface area (Å²) in [5.74, 6) is -0.177. The van der Waals surface area contributed by atoms with Gasteiger partial charge in [0.25, 0.3) is 0 Å². The Kier molecular flexibility index (Phi) is 5.03. The second-order valence-electron chi connectivity index (χ2n) is 7.17. The predicted octanol–water partition coefficient (Wildman–Crippen LogP) is 3.16. The molecule has 3 aliphatic heterocycles. The quantitative estimate of drug-likeness (QED) is 0.559. The number of aliphatic hydroxyl groups is 1. The molecule has 136 valence electrons. The molecule has 0 saturated carbocycles. The molecule has 26 heavy (non-hydrogen) atoms. The predicted molar refractivity (Wildman–Crippen MR) is 108 cm³/mol. The lowest BCUT2D eigenvalue weighted by atomic mass is 9.84. The van der Waals surface area contributed by atoms with Gasteiger partial charge in [0.2, 0.25) is 5.60 Å². The van der Waals surface area contributed by atoms with E-state index in [0.29, 0.717) is 17.0 Å². The van der Waals surface area contributed by atoms with Gasteiger partial charge < -0.3 is 9.84 Å². The molecule has 3 aliphatic rings. The smallest absolute Gasteiger partial charge is 0.348 e. The van der Waals surface area contributed by atoms with Gasteiger partial charge in [-0.05, 0) is 77.7 Å². The van der Waals surface area contributed by atoms with Crippen LogP contribution >= 0.6 is 22.6 Å². The van der Waals surface area contributed by atoms with Crippen LogP contribution in [0, 0.1) is 9.49 Å². The van der Waals surface area contributed by atoms with Gasteiger partial charge in [-0.2, -0.15) is 0 Å². The Labute approximate surface area is 167 Å². The molecule has 2 bridgehead atoms. The first-order valence-corrected chi connectivity index (χ1v) is 10.1. The van der Waals surface area contributed by atoms with Crippen LogP contribution in [0.5, 0.6) is 0 Å². The highest BCUT2D eigenvalue weighted by atomic mass is 127. The van der Waals surface area contributed by atoms with E-state index in [1.54, 1.807) is 24.3 Å². The van der Waals surface area contributed by atoms with E-state index in [0.717, 1.165) is 36.0 Å². The molecule has 3 saturated heterocycles. The Bertz CT molecular complexity index is 772. The average Bonchev–Trinajstić information content (AvgIpc) is 2.69. The summed E-state index contributed by atoms with van der Waals surface area (Å²) in [4.78, 5) is 15.5. The number of nitrogens with zero attached hydrogens (tertiary/aromatic N) is 1. The van der Waals surface area contributed by atoms with Gasteiger partial charge >= 0.3 is 5.97 Å². The molecule has 5 rings (SSSR count). The molecule has 0 amide bonds. The molecule has 5 heteroatoms. The summed E-state index contributed by atoms with van der Waals surface area (Å²) in [6.45, 7) is 2.94. The van der Waals surface area contributed by atoms with Crippen LogP contribution in [-0.4, -0.2) is 41.7 Å². The van der Waals surface area contributed by atoms with Crippen molar-refractivity contribution >= 4 is 28.6 Å². The van der Waals surface area contributed by atoms with E-state index in [4.69, 9.17) is 4.74 Å². The molecular formula is C21H22INO3. The number of hydrogen-bond acceptors (Lipinski definition) is 4. The minimum Gasteiger partial charge on any atom is -0.458 e. The van der Waals surface area contributed by atoms with Crippen LogP contribution in [0.15, 0.2) is 54.6 Å². The van der Waals surface area contributed by atoms with Crippen LogP contribution < -0.4 is 0 Å². The average molecular weight is 463 g/mol. The molecule has 2 aromatic carbocycles. The number of benzene rings is 2. The second-order valence-corrected chi connectivity index (χ2v) is 8.41. The Hall–Kier alpha value is -1.44. The first kappa shape index (κ1) is 17.9. The summed E-state index contributed by atoms with van der Waals surface area (Å²) in [5.41, 5.74) is -0.722. The Morgan fingerprint density at radius 2 is 1.65 bits per heavy atom. The van der Waals surface area contributed by atoms with Crippen LogP contribution in [0.1, 0.15) is 24.0 Å².